The fourth-order valence-corrected chi connectivity index (χ4v) is 2.09. The van der Waals surface area contributed by atoms with Crippen LogP contribution in [0.25, 0.3) is 0 Å². The first-order valence-electron chi connectivity index (χ1n) is 7.75. The first-order valence-corrected chi connectivity index (χ1v) is 7.75. The number of nitrogens with one attached hydrogen (secondary N) is 2. The summed E-state index contributed by atoms with van der Waals surface area (Å²) in [5.74, 6) is 0.000959. The SMILES string of the molecule is CCCOc1ccc(NC(=O)CNc2ccccc2C(N)=O)cc1. The molecular formula is C18H21N3O3. The second kappa shape index (κ2) is 8.57. The number of ether oxygens (including phenoxy) is 1. The van der Waals surface area contributed by atoms with Gasteiger partial charge in [0, 0.05) is 11.4 Å². The van der Waals surface area contributed by atoms with E-state index < -0.39 is 5.91 Å². The van der Waals surface area contributed by atoms with Crippen LogP contribution in [-0.4, -0.2) is 25.0 Å². The van der Waals surface area contributed by atoms with Gasteiger partial charge in [-0.1, -0.05) is 19.1 Å². The molecule has 2 rings (SSSR count). The van der Waals surface area contributed by atoms with E-state index in [2.05, 4.69) is 10.6 Å². The Morgan fingerprint density at radius 1 is 1.08 bits per heavy atom. The Morgan fingerprint density at radius 2 is 1.79 bits per heavy atom. The van der Waals surface area contributed by atoms with Crippen LogP contribution in [0.2, 0.25) is 0 Å². The van der Waals surface area contributed by atoms with E-state index in [1.165, 1.54) is 0 Å². The first-order chi connectivity index (χ1) is 11.6. The second-order valence-corrected chi connectivity index (χ2v) is 5.18. The van der Waals surface area contributed by atoms with Crippen molar-refractivity contribution in [2.24, 2.45) is 5.73 Å². The number of rotatable bonds is 8. The number of hydrogen-bond donors (Lipinski definition) is 3. The third-order valence-electron chi connectivity index (χ3n) is 3.24. The smallest absolute Gasteiger partial charge is 0.250 e. The lowest BCUT2D eigenvalue weighted by Crippen LogP contribution is -2.23. The van der Waals surface area contributed by atoms with Crippen molar-refractivity contribution in [1.82, 2.24) is 0 Å². The summed E-state index contributed by atoms with van der Waals surface area (Å²) in [4.78, 5) is 23.3. The molecule has 6 heteroatoms. The third kappa shape index (κ3) is 5.01. The molecule has 0 aliphatic heterocycles. The summed E-state index contributed by atoms with van der Waals surface area (Å²) < 4.78 is 5.49. The van der Waals surface area contributed by atoms with Gasteiger partial charge in [-0.2, -0.15) is 0 Å². The first kappa shape index (κ1) is 17.3. The average molecular weight is 327 g/mol. The van der Waals surface area contributed by atoms with Gasteiger partial charge in [0.25, 0.3) is 5.91 Å². The highest BCUT2D eigenvalue weighted by molar-refractivity contribution is 6.00. The highest BCUT2D eigenvalue weighted by atomic mass is 16.5. The van der Waals surface area contributed by atoms with E-state index in [4.69, 9.17) is 10.5 Å². The van der Waals surface area contributed by atoms with Crippen molar-refractivity contribution in [3.8, 4) is 5.75 Å². The highest BCUT2D eigenvalue weighted by Gasteiger charge is 2.08. The molecule has 2 amide bonds. The maximum atomic E-state index is 12.0. The largest absolute Gasteiger partial charge is 0.494 e. The van der Waals surface area contributed by atoms with Crippen LogP contribution in [0.1, 0.15) is 23.7 Å². The standard InChI is InChI=1S/C18H21N3O3/c1-2-11-24-14-9-7-13(8-10-14)21-17(22)12-20-16-6-4-3-5-15(16)18(19)23/h3-10,20H,2,11-12H2,1H3,(H2,19,23)(H,21,22). The summed E-state index contributed by atoms with van der Waals surface area (Å²) in [5.41, 5.74) is 6.86. The summed E-state index contributed by atoms with van der Waals surface area (Å²) in [6.45, 7) is 2.73. The number of benzene rings is 2. The molecule has 0 atom stereocenters. The molecule has 126 valence electrons. The molecule has 0 fully saturated rings. The number of nitrogens with two attached hydrogens (primary N) is 1. The fourth-order valence-electron chi connectivity index (χ4n) is 2.09. The van der Waals surface area contributed by atoms with Crippen molar-refractivity contribution in [2.75, 3.05) is 23.8 Å². The van der Waals surface area contributed by atoms with Crippen LogP contribution in [0.15, 0.2) is 48.5 Å². The summed E-state index contributed by atoms with van der Waals surface area (Å²) in [5, 5.41) is 5.69. The van der Waals surface area contributed by atoms with E-state index in [1.807, 2.05) is 6.92 Å². The lowest BCUT2D eigenvalue weighted by atomic mass is 10.1. The zero-order valence-electron chi connectivity index (χ0n) is 13.5. The van der Waals surface area contributed by atoms with Crippen molar-refractivity contribution in [1.29, 1.82) is 0 Å². The van der Waals surface area contributed by atoms with E-state index in [9.17, 15) is 9.59 Å². The molecule has 0 bridgehead atoms. The van der Waals surface area contributed by atoms with Gasteiger partial charge < -0.3 is 21.1 Å². The van der Waals surface area contributed by atoms with E-state index in [0.717, 1.165) is 12.2 Å². The number of primary amides is 1. The van der Waals surface area contributed by atoms with Crippen LogP contribution in [0.4, 0.5) is 11.4 Å². The molecular weight excluding hydrogens is 306 g/mol. The second-order valence-electron chi connectivity index (χ2n) is 5.18. The predicted molar refractivity (Wildman–Crippen MR) is 94.3 cm³/mol. The summed E-state index contributed by atoms with van der Waals surface area (Å²) in [6.07, 6.45) is 0.941. The maximum absolute atomic E-state index is 12.0. The molecule has 0 saturated carbocycles. The number of anilines is 2. The van der Waals surface area contributed by atoms with Gasteiger partial charge in [0.15, 0.2) is 0 Å². The zero-order valence-corrected chi connectivity index (χ0v) is 13.5. The van der Waals surface area contributed by atoms with Crippen LogP contribution < -0.4 is 21.1 Å². The molecule has 0 saturated heterocycles. The van der Waals surface area contributed by atoms with E-state index >= 15 is 0 Å². The Kier molecular flexibility index (Phi) is 6.19. The lowest BCUT2D eigenvalue weighted by molar-refractivity contribution is -0.114. The van der Waals surface area contributed by atoms with E-state index in [-0.39, 0.29) is 12.5 Å². The van der Waals surface area contributed by atoms with E-state index in [1.54, 1.807) is 48.5 Å². The number of hydrogen-bond acceptors (Lipinski definition) is 4. The zero-order chi connectivity index (χ0) is 17.4. The van der Waals surface area contributed by atoms with Crippen LogP contribution in [0, 0.1) is 0 Å². The number of carbonyl (C=O) groups is 2. The van der Waals surface area contributed by atoms with Gasteiger partial charge in [0.2, 0.25) is 5.91 Å². The molecule has 2 aromatic rings. The van der Waals surface area contributed by atoms with Crippen LogP contribution in [0.3, 0.4) is 0 Å². The van der Waals surface area contributed by atoms with Crippen LogP contribution >= 0.6 is 0 Å². The Labute approximate surface area is 141 Å². The molecule has 0 heterocycles. The van der Waals surface area contributed by atoms with Gasteiger partial charge in [-0.15, -0.1) is 0 Å². The van der Waals surface area contributed by atoms with Crippen molar-refractivity contribution < 1.29 is 14.3 Å². The van der Waals surface area contributed by atoms with Crippen LogP contribution in [-0.2, 0) is 4.79 Å². The van der Waals surface area contributed by atoms with Gasteiger partial charge in [0.05, 0.1) is 18.7 Å². The molecule has 0 unspecified atom stereocenters. The number of amides is 2. The minimum atomic E-state index is -0.541. The minimum Gasteiger partial charge on any atom is -0.494 e. The average Bonchev–Trinajstić information content (AvgIpc) is 2.59. The van der Waals surface area contributed by atoms with Crippen LogP contribution in [0.5, 0.6) is 5.75 Å². The Balaban J connectivity index is 1.88. The lowest BCUT2D eigenvalue weighted by Gasteiger charge is -2.11. The molecule has 0 aliphatic rings. The topological polar surface area (TPSA) is 93.4 Å². The maximum Gasteiger partial charge on any atom is 0.250 e. The highest BCUT2D eigenvalue weighted by Crippen LogP contribution is 2.16. The van der Waals surface area contributed by atoms with Gasteiger partial charge in [-0.25, -0.2) is 0 Å². The molecule has 4 N–H and O–H groups in total. The Morgan fingerprint density at radius 3 is 2.46 bits per heavy atom. The van der Waals surface area contributed by atoms with Crippen molar-refractivity contribution in [2.45, 2.75) is 13.3 Å². The quantitative estimate of drug-likeness (QED) is 0.695. The number of carbonyl (C=O) groups excluding carboxylic acids is 2. The molecule has 6 nitrogen and oxygen atoms in total. The monoisotopic (exact) mass is 327 g/mol. The van der Waals surface area contributed by atoms with Gasteiger partial charge >= 0.3 is 0 Å². The van der Waals surface area contributed by atoms with Crippen molar-refractivity contribution in [3.63, 3.8) is 0 Å². The van der Waals surface area contributed by atoms with Gasteiger partial charge in [0.1, 0.15) is 5.75 Å². The molecule has 2 aromatic carbocycles. The Bertz CT molecular complexity index is 699. The third-order valence-corrected chi connectivity index (χ3v) is 3.24. The Hall–Kier alpha value is -3.02. The molecule has 0 spiro atoms. The summed E-state index contributed by atoms with van der Waals surface area (Å²) >= 11 is 0. The molecule has 0 radical (unpaired) electrons. The van der Waals surface area contributed by atoms with Crippen molar-refractivity contribution >= 4 is 23.2 Å². The number of para-hydroxylation sites is 1. The fraction of sp³-hybridized carbons (Fsp3) is 0.222. The molecule has 0 aliphatic carbocycles. The minimum absolute atomic E-state index is 0.0262. The molecule has 0 aromatic heterocycles. The summed E-state index contributed by atoms with van der Waals surface area (Å²) in [6, 6.07) is 14.0. The summed E-state index contributed by atoms with van der Waals surface area (Å²) in [7, 11) is 0. The van der Waals surface area contributed by atoms with E-state index in [0.29, 0.717) is 23.5 Å². The van der Waals surface area contributed by atoms with Gasteiger partial charge in [-0.3, -0.25) is 9.59 Å². The predicted octanol–water partition coefficient (Wildman–Crippen LogP) is 2.62. The normalized spacial score (nSPS) is 10.0. The van der Waals surface area contributed by atoms with Gasteiger partial charge in [-0.05, 0) is 42.8 Å². The van der Waals surface area contributed by atoms with Crippen molar-refractivity contribution in [3.05, 3.63) is 54.1 Å². The molecule has 24 heavy (non-hydrogen) atoms.